The normalized spacial score (nSPS) is 13.9. The summed E-state index contributed by atoms with van der Waals surface area (Å²) >= 11 is 1.90. The molecule has 0 bridgehead atoms. The zero-order valence-electron chi connectivity index (χ0n) is 45.7. The number of nitrogens with zero attached hydrogens (tertiary/aromatic N) is 4. The Morgan fingerprint density at radius 3 is 1.68 bits per heavy atom. The second kappa shape index (κ2) is 15.7. The number of hydrogen-bond acceptors (Lipinski definition) is 3. The summed E-state index contributed by atoms with van der Waals surface area (Å²) in [5.74, 6) is 0. The zero-order chi connectivity index (χ0) is 52.9. The lowest BCUT2D eigenvalue weighted by atomic mass is 9.33. The lowest BCUT2D eigenvalue weighted by Gasteiger charge is -2.47. The highest BCUT2D eigenvalue weighted by Gasteiger charge is 2.47. The van der Waals surface area contributed by atoms with Crippen molar-refractivity contribution in [1.82, 2.24) is 9.13 Å². The van der Waals surface area contributed by atoms with Gasteiger partial charge in [-0.3, -0.25) is 0 Å². The molecule has 3 aliphatic rings. The fourth-order valence-corrected chi connectivity index (χ4v) is 15.0. The Morgan fingerprint density at radius 1 is 0.372 bits per heavy atom. The van der Waals surface area contributed by atoms with Gasteiger partial charge < -0.3 is 18.9 Å². The molecule has 0 saturated carbocycles. The van der Waals surface area contributed by atoms with Crippen molar-refractivity contribution in [1.29, 1.82) is 0 Å². The van der Waals surface area contributed by atoms with Gasteiger partial charge in [0.15, 0.2) is 0 Å². The molecule has 0 aliphatic carbocycles. The summed E-state index contributed by atoms with van der Waals surface area (Å²) in [6.07, 6.45) is 0. The minimum Gasteiger partial charge on any atom is -0.311 e. The van der Waals surface area contributed by atoms with Gasteiger partial charge in [-0.25, -0.2) is 0 Å². The highest BCUT2D eigenvalue weighted by atomic mass is 32.1. The van der Waals surface area contributed by atoms with Gasteiger partial charge in [-0.15, -0.1) is 11.3 Å². The third-order valence-corrected chi connectivity index (χ3v) is 18.9. The van der Waals surface area contributed by atoms with E-state index in [1.807, 2.05) is 11.3 Å². The number of fused-ring (bicyclic) bond motifs is 15. The van der Waals surface area contributed by atoms with Crippen molar-refractivity contribution in [2.75, 3.05) is 9.80 Å². The SMILES string of the molecule is CC(C)(C)c1cc2c3c(c1)N1c4c(cccc4-n4c5ccccc5c5cccc1c54)B3c1ccc(-n3c4ccc(C(C)(C)C)cc4c4cc(C(C)(C)C)ccc43)cc1N2c1ccc(-c2cccc3c2sc2ccccc23)cc1. The van der Waals surface area contributed by atoms with Crippen LogP contribution >= 0.6 is 11.3 Å². The number of aromatic nitrogens is 2. The fourth-order valence-electron chi connectivity index (χ4n) is 13.7. The third-order valence-electron chi connectivity index (χ3n) is 17.7. The van der Waals surface area contributed by atoms with Crippen molar-refractivity contribution in [3.63, 3.8) is 0 Å². The van der Waals surface area contributed by atoms with Crippen molar-refractivity contribution in [2.45, 2.75) is 78.6 Å². The molecule has 0 amide bonds. The van der Waals surface area contributed by atoms with Crippen LogP contribution in [0.5, 0.6) is 0 Å². The van der Waals surface area contributed by atoms with Gasteiger partial charge in [0.1, 0.15) is 0 Å². The molecule has 10 aromatic carbocycles. The maximum absolute atomic E-state index is 2.64. The van der Waals surface area contributed by atoms with Crippen LogP contribution in [-0.4, -0.2) is 15.8 Å². The zero-order valence-corrected chi connectivity index (χ0v) is 46.6. The number of anilines is 6. The molecule has 0 N–H and O–H groups in total. The number of hydrogen-bond donors (Lipinski definition) is 0. The monoisotopic (exact) mass is 1020 g/mol. The van der Waals surface area contributed by atoms with E-state index in [0.29, 0.717) is 0 Å². The summed E-state index contributed by atoms with van der Waals surface area (Å²) < 4.78 is 7.74. The minimum absolute atomic E-state index is 0.00337. The molecule has 6 heterocycles. The van der Waals surface area contributed by atoms with Crippen molar-refractivity contribution in [3.05, 3.63) is 211 Å². The summed E-state index contributed by atoms with van der Waals surface area (Å²) in [5.41, 5.74) is 24.9. The van der Waals surface area contributed by atoms with Gasteiger partial charge in [0.05, 0.1) is 39.1 Å². The number of thiophene rings is 1. The highest BCUT2D eigenvalue weighted by Crippen LogP contribution is 2.54. The van der Waals surface area contributed by atoms with E-state index in [0.717, 1.165) is 11.4 Å². The van der Waals surface area contributed by atoms with E-state index in [1.165, 1.54) is 142 Å². The quantitative estimate of drug-likeness (QED) is 0.164. The minimum atomic E-state index is -0.154. The Hall–Kier alpha value is -8.32. The van der Waals surface area contributed by atoms with Crippen molar-refractivity contribution >= 4 is 132 Å². The predicted octanol–water partition coefficient (Wildman–Crippen LogP) is 18.2. The molecule has 3 aromatic heterocycles. The maximum atomic E-state index is 2.64. The van der Waals surface area contributed by atoms with Crippen LogP contribution in [-0.2, 0) is 16.2 Å². The largest absolute Gasteiger partial charge is 0.311 e. The van der Waals surface area contributed by atoms with Crippen molar-refractivity contribution < 1.29 is 0 Å². The van der Waals surface area contributed by atoms with E-state index < -0.39 is 0 Å². The Morgan fingerprint density at radius 2 is 0.962 bits per heavy atom. The van der Waals surface area contributed by atoms with Gasteiger partial charge in [0, 0.05) is 70.2 Å². The molecule has 4 nitrogen and oxygen atoms in total. The Labute approximate surface area is 460 Å². The second-order valence-electron chi connectivity index (χ2n) is 25.4. The molecule has 0 radical (unpaired) electrons. The van der Waals surface area contributed by atoms with Crippen LogP contribution in [0.2, 0.25) is 0 Å². The average molecular weight is 1020 g/mol. The fraction of sp³-hybridized carbons (Fsp3) is 0.167. The molecule has 78 heavy (non-hydrogen) atoms. The molecule has 16 rings (SSSR count). The molecule has 0 unspecified atom stereocenters. The summed E-state index contributed by atoms with van der Waals surface area (Å²) in [6, 6.07) is 74.9. The first kappa shape index (κ1) is 45.8. The van der Waals surface area contributed by atoms with Gasteiger partial charge in [-0.1, -0.05) is 172 Å². The Kier molecular flexibility index (Phi) is 9.21. The number of para-hydroxylation sites is 3. The summed E-state index contributed by atoms with van der Waals surface area (Å²) in [6.45, 7) is 21.0. The van der Waals surface area contributed by atoms with Crippen LogP contribution in [0.15, 0.2) is 194 Å². The lowest BCUT2D eigenvalue weighted by molar-refractivity contribution is 0.590. The molecule has 376 valence electrons. The number of benzene rings is 10. The predicted molar refractivity (Wildman–Crippen MR) is 337 cm³/mol. The first-order valence-corrected chi connectivity index (χ1v) is 28.6. The summed E-state index contributed by atoms with van der Waals surface area (Å²) in [4.78, 5) is 5.26. The maximum Gasteiger partial charge on any atom is 0.252 e. The molecule has 3 aliphatic heterocycles. The van der Waals surface area contributed by atoms with E-state index in [-0.39, 0.29) is 23.0 Å². The van der Waals surface area contributed by atoms with Crippen LogP contribution in [0, 0.1) is 0 Å². The van der Waals surface area contributed by atoms with Crippen LogP contribution in [0.3, 0.4) is 0 Å². The van der Waals surface area contributed by atoms with E-state index in [9.17, 15) is 0 Å². The van der Waals surface area contributed by atoms with E-state index in [1.54, 1.807) is 0 Å². The standard InChI is InChI=1S/C72H59BN4S/c1-70(2,3)43-29-35-58-53(37-43)54-38-44(71(4,5)6)30-36-59(54)75(58)47-33-34-55-62(41-47)74(46-31-27-42(28-32-46)48-19-14-21-52-50-18-11-13-26-65(50)78-69(48)52)63-39-45(72(7,8)9)40-64-66(63)73(55)56-22-16-25-61-68(56)77(64)60-24-15-20-51-49-17-10-12-23-57(49)76(61)67(51)60/h10-41H,1-9H3. The van der Waals surface area contributed by atoms with Gasteiger partial charge in [-0.05, 0) is 145 Å². The molecular formula is C72H59BN4S. The second-order valence-corrected chi connectivity index (χ2v) is 26.4. The Balaban J connectivity index is 0.985. The molecule has 13 aromatic rings. The van der Waals surface area contributed by atoms with Gasteiger partial charge >= 0.3 is 0 Å². The van der Waals surface area contributed by atoms with Gasteiger partial charge in [-0.2, -0.15) is 0 Å². The van der Waals surface area contributed by atoms with E-state index in [4.69, 9.17) is 0 Å². The molecule has 0 spiro atoms. The lowest BCUT2D eigenvalue weighted by Crippen LogP contribution is -2.62. The highest BCUT2D eigenvalue weighted by molar-refractivity contribution is 7.26. The smallest absolute Gasteiger partial charge is 0.252 e. The van der Waals surface area contributed by atoms with Crippen LogP contribution < -0.4 is 26.2 Å². The molecular weight excluding hydrogens is 964 g/mol. The van der Waals surface area contributed by atoms with Gasteiger partial charge in [0.25, 0.3) is 6.71 Å². The van der Waals surface area contributed by atoms with E-state index in [2.05, 4.69) is 275 Å². The molecule has 6 heteroatoms. The third kappa shape index (κ3) is 6.29. The van der Waals surface area contributed by atoms with E-state index >= 15 is 0 Å². The van der Waals surface area contributed by atoms with Crippen LogP contribution in [0.4, 0.5) is 34.1 Å². The number of rotatable bonds is 3. The first-order valence-electron chi connectivity index (χ1n) is 27.8. The molecule has 0 saturated heterocycles. The first-order chi connectivity index (χ1) is 37.6. The molecule has 0 atom stereocenters. The van der Waals surface area contributed by atoms with Gasteiger partial charge in [0.2, 0.25) is 0 Å². The average Bonchev–Trinajstić information content (AvgIpc) is 1.81. The summed E-state index contributed by atoms with van der Waals surface area (Å²) in [7, 11) is 0. The molecule has 0 fully saturated rings. The Bertz CT molecular complexity index is 4690. The van der Waals surface area contributed by atoms with Crippen LogP contribution in [0.1, 0.15) is 79.0 Å². The summed E-state index contributed by atoms with van der Waals surface area (Å²) in [5, 5.41) is 7.79. The topological polar surface area (TPSA) is 16.3 Å². The van der Waals surface area contributed by atoms with Crippen molar-refractivity contribution in [3.8, 4) is 22.5 Å². The van der Waals surface area contributed by atoms with Crippen molar-refractivity contribution in [2.24, 2.45) is 0 Å². The van der Waals surface area contributed by atoms with Crippen LogP contribution in [0.25, 0.3) is 86.3 Å².